The first kappa shape index (κ1) is 18.2. The van der Waals surface area contributed by atoms with Gasteiger partial charge in [0, 0.05) is 6.42 Å². The minimum absolute atomic E-state index is 0.0528. The third-order valence-electron chi connectivity index (χ3n) is 4.98. The van der Waals surface area contributed by atoms with Crippen LogP contribution in [-0.2, 0) is 6.42 Å². The van der Waals surface area contributed by atoms with Gasteiger partial charge in [-0.15, -0.1) is 5.10 Å². The number of methoxy groups -OCH3 is 1. The lowest BCUT2D eigenvalue weighted by Crippen LogP contribution is -2.28. The van der Waals surface area contributed by atoms with Crippen LogP contribution >= 0.6 is 0 Å². The maximum absolute atomic E-state index is 13.4. The van der Waals surface area contributed by atoms with Crippen molar-refractivity contribution in [1.29, 1.82) is 0 Å². The Hall–Kier alpha value is -3.15. The molecular weight excluding hydrogens is 357 g/mol. The van der Waals surface area contributed by atoms with Crippen LogP contribution in [0.2, 0.25) is 0 Å². The van der Waals surface area contributed by atoms with Crippen molar-refractivity contribution in [2.75, 3.05) is 12.4 Å². The molecule has 28 heavy (non-hydrogen) atoms. The molecule has 1 N–H and O–H groups in total. The fraction of sp³-hybridized carbons (Fsp3) is 0.273. The van der Waals surface area contributed by atoms with Crippen molar-refractivity contribution in [1.82, 2.24) is 9.78 Å². The normalized spacial score (nSPS) is 15.2. The number of carbonyl (C=O) groups is 1. The minimum Gasteiger partial charge on any atom is -0.495 e. The number of fused-ring (bicyclic) bond motifs is 1. The SMILES string of the molecule is COc1ccccc1Nc1nn(-c2ccc(F)cc2)c2c1C(=O)CC(C)(C)C2. The van der Waals surface area contributed by atoms with Crippen LogP contribution in [0.15, 0.2) is 48.5 Å². The summed E-state index contributed by atoms with van der Waals surface area (Å²) < 4.78 is 20.5. The van der Waals surface area contributed by atoms with E-state index in [0.717, 1.165) is 17.1 Å². The van der Waals surface area contributed by atoms with Gasteiger partial charge >= 0.3 is 0 Å². The molecular formula is C22H22FN3O2. The topological polar surface area (TPSA) is 56.1 Å². The van der Waals surface area contributed by atoms with Crippen molar-refractivity contribution in [2.45, 2.75) is 26.7 Å². The number of anilines is 2. The maximum atomic E-state index is 13.4. The van der Waals surface area contributed by atoms with E-state index in [1.165, 1.54) is 12.1 Å². The van der Waals surface area contributed by atoms with Gasteiger partial charge in [0.2, 0.25) is 0 Å². The van der Waals surface area contributed by atoms with E-state index < -0.39 is 0 Å². The average molecular weight is 379 g/mol. The van der Waals surface area contributed by atoms with Crippen molar-refractivity contribution in [2.24, 2.45) is 5.41 Å². The number of hydrogen-bond donors (Lipinski definition) is 1. The second kappa shape index (κ2) is 6.78. The molecule has 1 aromatic heterocycles. The Balaban J connectivity index is 1.86. The van der Waals surface area contributed by atoms with Gasteiger partial charge in [-0.05, 0) is 48.2 Å². The molecule has 0 amide bonds. The van der Waals surface area contributed by atoms with Crippen LogP contribution in [0.4, 0.5) is 15.9 Å². The molecule has 3 aromatic rings. The van der Waals surface area contributed by atoms with Gasteiger partial charge in [-0.3, -0.25) is 4.79 Å². The van der Waals surface area contributed by atoms with Gasteiger partial charge in [-0.1, -0.05) is 26.0 Å². The number of nitrogens with one attached hydrogen (secondary N) is 1. The van der Waals surface area contributed by atoms with Crippen LogP contribution in [0, 0.1) is 11.2 Å². The van der Waals surface area contributed by atoms with E-state index in [1.807, 2.05) is 24.3 Å². The summed E-state index contributed by atoms with van der Waals surface area (Å²) in [6.07, 6.45) is 1.15. The second-order valence-electron chi connectivity index (χ2n) is 7.82. The van der Waals surface area contributed by atoms with Crippen molar-refractivity contribution in [3.05, 3.63) is 65.6 Å². The van der Waals surface area contributed by atoms with Crippen LogP contribution in [-0.4, -0.2) is 22.7 Å². The highest BCUT2D eigenvalue weighted by atomic mass is 19.1. The molecule has 144 valence electrons. The summed E-state index contributed by atoms with van der Waals surface area (Å²) in [5, 5.41) is 7.94. The highest BCUT2D eigenvalue weighted by Gasteiger charge is 2.37. The van der Waals surface area contributed by atoms with Gasteiger partial charge in [-0.2, -0.15) is 0 Å². The number of aromatic nitrogens is 2. The van der Waals surface area contributed by atoms with Crippen LogP contribution in [0.5, 0.6) is 5.75 Å². The Morgan fingerprint density at radius 3 is 2.54 bits per heavy atom. The van der Waals surface area contributed by atoms with Crippen molar-refractivity contribution in [3.63, 3.8) is 0 Å². The van der Waals surface area contributed by atoms with Crippen LogP contribution in [0.3, 0.4) is 0 Å². The first-order valence-corrected chi connectivity index (χ1v) is 9.19. The summed E-state index contributed by atoms with van der Waals surface area (Å²) in [6.45, 7) is 4.15. The molecule has 0 bridgehead atoms. The number of Topliss-reactive ketones (excluding diaryl/α,β-unsaturated/α-hetero) is 1. The number of nitrogens with zero attached hydrogens (tertiary/aromatic N) is 2. The highest BCUT2D eigenvalue weighted by molar-refractivity contribution is 6.03. The second-order valence-corrected chi connectivity index (χ2v) is 7.82. The van der Waals surface area contributed by atoms with E-state index >= 15 is 0 Å². The Morgan fingerprint density at radius 1 is 1.11 bits per heavy atom. The smallest absolute Gasteiger partial charge is 0.169 e. The minimum atomic E-state index is -0.312. The van der Waals surface area contributed by atoms with Crippen LogP contribution < -0.4 is 10.1 Å². The molecule has 0 fully saturated rings. The third-order valence-corrected chi connectivity index (χ3v) is 4.98. The lowest BCUT2D eigenvalue weighted by molar-refractivity contribution is 0.0912. The van der Waals surface area contributed by atoms with E-state index in [-0.39, 0.29) is 17.0 Å². The summed E-state index contributed by atoms with van der Waals surface area (Å²) in [6, 6.07) is 13.6. The quantitative estimate of drug-likeness (QED) is 0.699. The van der Waals surface area contributed by atoms with Crippen LogP contribution in [0.25, 0.3) is 5.69 Å². The molecule has 1 heterocycles. The number of carbonyl (C=O) groups excluding carboxylic acids is 1. The molecule has 2 aromatic carbocycles. The number of hydrogen-bond acceptors (Lipinski definition) is 4. The lowest BCUT2D eigenvalue weighted by atomic mass is 9.76. The number of ether oxygens (including phenoxy) is 1. The molecule has 5 nitrogen and oxygen atoms in total. The summed E-state index contributed by atoms with van der Waals surface area (Å²) >= 11 is 0. The molecule has 6 heteroatoms. The summed E-state index contributed by atoms with van der Waals surface area (Å²) in [5.41, 5.74) is 2.72. The molecule has 1 aliphatic rings. The number of ketones is 1. The van der Waals surface area contributed by atoms with Crippen LogP contribution in [0.1, 0.15) is 36.3 Å². The molecule has 0 atom stereocenters. The summed E-state index contributed by atoms with van der Waals surface area (Å²) in [7, 11) is 1.60. The van der Waals surface area contributed by atoms with E-state index in [0.29, 0.717) is 30.0 Å². The predicted octanol–water partition coefficient (Wildman–Crippen LogP) is 4.92. The molecule has 0 saturated carbocycles. The van der Waals surface area contributed by atoms with E-state index in [1.54, 1.807) is 23.9 Å². The molecule has 0 spiro atoms. The van der Waals surface area contributed by atoms with Gasteiger partial charge in [-0.25, -0.2) is 9.07 Å². The van der Waals surface area contributed by atoms with Gasteiger partial charge in [0.25, 0.3) is 0 Å². The highest BCUT2D eigenvalue weighted by Crippen LogP contribution is 2.40. The molecule has 4 rings (SSSR count). The first-order chi connectivity index (χ1) is 13.4. The Labute approximate surface area is 163 Å². The number of halogens is 1. The first-order valence-electron chi connectivity index (χ1n) is 9.19. The zero-order chi connectivity index (χ0) is 19.9. The predicted molar refractivity (Wildman–Crippen MR) is 106 cm³/mol. The van der Waals surface area contributed by atoms with E-state index in [2.05, 4.69) is 24.3 Å². The molecule has 0 unspecified atom stereocenters. The molecule has 1 aliphatic carbocycles. The van der Waals surface area contributed by atoms with E-state index in [9.17, 15) is 9.18 Å². The lowest BCUT2D eigenvalue weighted by Gasteiger charge is -2.29. The van der Waals surface area contributed by atoms with Gasteiger partial charge in [0.1, 0.15) is 11.6 Å². The Kier molecular flexibility index (Phi) is 4.41. The summed E-state index contributed by atoms with van der Waals surface area (Å²) in [4.78, 5) is 13.0. The third kappa shape index (κ3) is 3.26. The number of rotatable bonds is 4. The van der Waals surface area contributed by atoms with Gasteiger partial charge < -0.3 is 10.1 Å². The largest absolute Gasteiger partial charge is 0.495 e. The zero-order valence-corrected chi connectivity index (χ0v) is 16.1. The zero-order valence-electron chi connectivity index (χ0n) is 16.1. The van der Waals surface area contributed by atoms with Gasteiger partial charge in [0.15, 0.2) is 11.6 Å². The number of benzene rings is 2. The van der Waals surface area contributed by atoms with Crippen molar-refractivity contribution in [3.8, 4) is 11.4 Å². The molecule has 0 saturated heterocycles. The monoisotopic (exact) mass is 379 g/mol. The van der Waals surface area contributed by atoms with Crippen molar-refractivity contribution < 1.29 is 13.9 Å². The molecule has 0 aliphatic heterocycles. The average Bonchev–Trinajstić information content (AvgIpc) is 3.00. The maximum Gasteiger partial charge on any atom is 0.169 e. The summed E-state index contributed by atoms with van der Waals surface area (Å²) in [5.74, 6) is 0.894. The van der Waals surface area contributed by atoms with Crippen molar-refractivity contribution >= 4 is 17.3 Å². The standard InChI is InChI=1S/C22H22FN3O2/c1-22(2)12-17-20(18(27)13-22)21(24-16-6-4-5-7-19(16)28-3)25-26(17)15-10-8-14(23)9-11-15/h4-11H,12-13H2,1-3H3,(H,24,25). The van der Waals surface area contributed by atoms with E-state index in [4.69, 9.17) is 4.74 Å². The Bertz CT molecular complexity index is 1040. The molecule has 0 radical (unpaired) electrons. The Morgan fingerprint density at radius 2 is 1.82 bits per heavy atom. The fourth-order valence-corrected chi connectivity index (χ4v) is 3.71. The fourth-order valence-electron chi connectivity index (χ4n) is 3.71. The van der Waals surface area contributed by atoms with Gasteiger partial charge in [0.05, 0.1) is 29.7 Å². The number of para-hydroxylation sites is 2.